The first-order valence-corrected chi connectivity index (χ1v) is 5.23. The van der Waals surface area contributed by atoms with Crippen LogP contribution in [-0.2, 0) is 7.05 Å². The summed E-state index contributed by atoms with van der Waals surface area (Å²) in [6.07, 6.45) is 4.98. The molecule has 0 radical (unpaired) electrons. The minimum Gasteiger partial charge on any atom is -0.351 e. The highest BCUT2D eigenvalue weighted by Crippen LogP contribution is 2.07. The fourth-order valence-corrected chi connectivity index (χ4v) is 1.34. The maximum Gasteiger partial charge on any atom is 0.242 e. The lowest BCUT2D eigenvalue weighted by Gasteiger charge is -2.12. The van der Waals surface area contributed by atoms with Crippen molar-refractivity contribution in [3.63, 3.8) is 0 Å². The van der Waals surface area contributed by atoms with E-state index in [1.807, 2.05) is 7.05 Å². The molecule has 1 aromatic heterocycles. The van der Waals surface area contributed by atoms with E-state index in [0.717, 1.165) is 5.95 Å². The SMILES string of the molecule is CCCCCC(C)Nc1nnnn1C. The summed E-state index contributed by atoms with van der Waals surface area (Å²) in [6, 6.07) is 0.436. The van der Waals surface area contributed by atoms with Gasteiger partial charge in [-0.1, -0.05) is 31.3 Å². The lowest BCUT2D eigenvalue weighted by atomic mass is 10.1. The van der Waals surface area contributed by atoms with Crippen LogP contribution in [0.3, 0.4) is 0 Å². The Morgan fingerprint density at radius 1 is 1.43 bits per heavy atom. The molecule has 0 aromatic carbocycles. The Labute approximate surface area is 84.9 Å². The summed E-state index contributed by atoms with van der Waals surface area (Å²) >= 11 is 0. The van der Waals surface area contributed by atoms with Gasteiger partial charge in [0.2, 0.25) is 5.95 Å². The van der Waals surface area contributed by atoms with E-state index in [0.29, 0.717) is 6.04 Å². The minimum atomic E-state index is 0.436. The van der Waals surface area contributed by atoms with Gasteiger partial charge in [0.1, 0.15) is 0 Å². The van der Waals surface area contributed by atoms with Gasteiger partial charge in [0.25, 0.3) is 0 Å². The highest BCUT2D eigenvalue weighted by molar-refractivity contribution is 5.22. The molecule has 5 nitrogen and oxygen atoms in total. The minimum absolute atomic E-state index is 0.436. The van der Waals surface area contributed by atoms with Crippen molar-refractivity contribution in [2.45, 2.75) is 45.6 Å². The van der Waals surface area contributed by atoms with E-state index in [1.54, 1.807) is 4.68 Å². The van der Waals surface area contributed by atoms with Crippen LogP contribution in [0.15, 0.2) is 0 Å². The predicted molar refractivity (Wildman–Crippen MR) is 56.0 cm³/mol. The van der Waals surface area contributed by atoms with Gasteiger partial charge in [0.05, 0.1) is 0 Å². The number of rotatable bonds is 6. The first-order valence-electron chi connectivity index (χ1n) is 5.23. The number of tetrazole rings is 1. The van der Waals surface area contributed by atoms with Gasteiger partial charge in [-0.15, -0.1) is 0 Å². The van der Waals surface area contributed by atoms with Crippen LogP contribution in [0.2, 0.25) is 0 Å². The van der Waals surface area contributed by atoms with E-state index in [-0.39, 0.29) is 0 Å². The van der Waals surface area contributed by atoms with E-state index in [9.17, 15) is 0 Å². The van der Waals surface area contributed by atoms with Crippen LogP contribution in [0.1, 0.15) is 39.5 Å². The molecular formula is C9H19N5. The van der Waals surface area contributed by atoms with Crippen molar-refractivity contribution in [3.8, 4) is 0 Å². The Morgan fingerprint density at radius 3 is 2.79 bits per heavy atom. The van der Waals surface area contributed by atoms with Gasteiger partial charge < -0.3 is 5.32 Å². The number of aryl methyl sites for hydroxylation is 1. The zero-order chi connectivity index (χ0) is 10.4. The fraction of sp³-hybridized carbons (Fsp3) is 0.889. The summed E-state index contributed by atoms with van der Waals surface area (Å²) in [5.41, 5.74) is 0. The second kappa shape index (κ2) is 5.57. The molecule has 0 bridgehead atoms. The van der Waals surface area contributed by atoms with Crippen LogP contribution in [-0.4, -0.2) is 26.2 Å². The molecular weight excluding hydrogens is 178 g/mol. The van der Waals surface area contributed by atoms with Crippen LogP contribution >= 0.6 is 0 Å². The number of hydrogen-bond acceptors (Lipinski definition) is 4. The third-order valence-electron chi connectivity index (χ3n) is 2.24. The van der Waals surface area contributed by atoms with Crippen molar-refractivity contribution in [2.75, 3.05) is 5.32 Å². The van der Waals surface area contributed by atoms with Crippen molar-refractivity contribution < 1.29 is 0 Å². The fourth-order valence-electron chi connectivity index (χ4n) is 1.34. The topological polar surface area (TPSA) is 55.6 Å². The van der Waals surface area contributed by atoms with Crippen molar-refractivity contribution in [1.29, 1.82) is 0 Å². The smallest absolute Gasteiger partial charge is 0.242 e. The van der Waals surface area contributed by atoms with Crippen molar-refractivity contribution in [2.24, 2.45) is 7.05 Å². The van der Waals surface area contributed by atoms with Crippen LogP contribution in [0.25, 0.3) is 0 Å². The maximum absolute atomic E-state index is 3.87. The van der Waals surface area contributed by atoms with Crippen LogP contribution < -0.4 is 5.32 Å². The molecule has 0 saturated heterocycles. The van der Waals surface area contributed by atoms with Gasteiger partial charge in [-0.2, -0.15) is 0 Å². The molecule has 1 N–H and O–H groups in total. The summed E-state index contributed by atoms with van der Waals surface area (Å²) < 4.78 is 1.65. The zero-order valence-electron chi connectivity index (χ0n) is 9.19. The largest absolute Gasteiger partial charge is 0.351 e. The highest BCUT2D eigenvalue weighted by atomic mass is 15.6. The highest BCUT2D eigenvalue weighted by Gasteiger charge is 2.05. The molecule has 1 rings (SSSR count). The Hall–Kier alpha value is -1.13. The van der Waals surface area contributed by atoms with Gasteiger partial charge in [-0.25, -0.2) is 4.68 Å². The van der Waals surface area contributed by atoms with Gasteiger partial charge in [0.15, 0.2) is 0 Å². The first-order chi connectivity index (χ1) is 6.74. The molecule has 0 aliphatic carbocycles. The Bertz CT molecular complexity index is 257. The average molecular weight is 197 g/mol. The van der Waals surface area contributed by atoms with Crippen LogP contribution in [0.5, 0.6) is 0 Å². The summed E-state index contributed by atoms with van der Waals surface area (Å²) in [4.78, 5) is 0. The number of nitrogens with one attached hydrogen (secondary N) is 1. The first kappa shape index (κ1) is 10.9. The van der Waals surface area contributed by atoms with E-state index in [1.165, 1.54) is 25.7 Å². The third kappa shape index (κ3) is 3.32. The van der Waals surface area contributed by atoms with Crippen molar-refractivity contribution >= 4 is 5.95 Å². The van der Waals surface area contributed by atoms with Crippen LogP contribution in [0.4, 0.5) is 5.95 Å². The molecule has 0 saturated carbocycles. The number of anilines is 1. The standard InChI is InChI=1S/C9H19N5/c1-4-5-6-7-8(2)10-9-11-12-13-14(9)3/h8H,4-7H2,1-3H3,(H,10,11,13). The van der Waals surface area contributed by atoms with E-state index >= 15 is 0 Å². The van der Waals surface area contributed by atoms with Crippen molar-refractivity contribution in [1.82, 2.24) is 20.2 Å². The van der Waals surface area contributed by atoms with Gasteiger partial charge >= 0.3 is 0 Å². The maximum atomic E-state index is 3.87. The van der Waals surface area contributed by atoms with Crippen molar-refractivity contribution in [3.05, 3.63) is 0 Å². The van der Waals surface area contributed by atoms with Gasteiger partial charge in [-0.05, 0) is 23.8 Å². The second-order valence-corrected chi connectivity index (χ2v) is 3.67. The molecule has 0 amide bonds. The molecule has 80 valence electrons. The molecule has 0 fully saturated rings. The number of unbranched alkanes of at least 4 members (excludes halogenated alkanes) is 2. The molecule has 5 heteroatoms. The molecule has 0 aliphatic heterocycles. The summed E-state index contributed by atoms with van der Waals surface area (Å²) in [5.74, 6) is 0.744. The molecule has 0 spiro atoms. The quantitative estimate of drug-likeness (QED) is 0.704. The number of aromatic nitrogens is 4. The average Bonchev–Trinajstić information content (AvgIpc) is 2.52. The van der Waals surface area contributed by atoms with E-state index in [4.69, 9.17) is 0 Å². The predicted octanol–water partition coefficient (Wildman–Crippen LogP) is 1.59. The molecule has 0 aliphatic rings. The summed E-state index contributed by atoms with van der Waals surface area (Å²) in [5, 5.41) is 14.5. The lowest BCUT2D eigenvalue weighted by molar-refractivity contribution is 0.606. The monoisotopic (exact) mass is 197 g/mol. The lowest BCUT2D eigenvalue weighted by Crippen LogP contribution is -2.17. The van der Waals surface area contributed by atoms with E-state index in [2.05, 4.69) is 34.7 Å². The number of hydrogen-bond donors (Lipinski definition) is 1. The van der Waals surface area contributed by atoms with Gasteiger partial charge in [-0.3, -0.25) is 0 Å². The second-order valence-electron chi connectivity index (χ2n) is 3.67. The number of nitrogens with zero attached hydrogens (tertiary/aromatic N) is 4. The normalized spacial score (nSPS) is 12.8. The third-order valence-corrected chi connectivity index (χ3v) is 2.24. The molecule has 1 aromatic rings. The summed E-state index contributed by atoms with van der Waals surface area (Å²) in [7, 11) is 1.83. The Morgan fingerprint density at radius 2 is 2.21 bits per heavy atom. The van der Waals surface area contributed by atoms with Crippen LogP contribution in [0, 0.1) is 0 Å². The van der Waals surface area contributed by atoms with Gasteiger partial charge in [0, 0.05) is 13.1 Å². The van der Waals surface area contributed by atoms with E-state index < -0.39 is 0 Å². The zero-order valence-corrected chi connectivity index (χ0v) is 9.19. The Balaban J connectivity index is 2.27. The summed E-state index contributed by atoms with van der Waals surface area (Å²) in [6.45, 7) is 4.37. The molecule has 1 unspecified atom stereocenters. The molecule has 14 heavy (non-hydrogen) atoms. The Kier molecular flexibility index (Phi) is 4.35. The molecule has 1 heterocycles. The molecule has 1 atom stereocenters.